The summed E-state index contributed by atoms with van der Waals surface area (Å²) in [6, 6.07) is 13.6. The van der Waals surface area contributed by atoms with E-state index >= 15 is 4.39 Å². The van der Waals surface area contributed by atoms with Crippen molar-refractivity contribution in [2.24, 2.45) is 16.3 Å². The number of ether oxygens (including phenoxy) is 1. The Hall–Kier alpha value is -5.16. The van der Waals surface area contributed by atoms with Crippen molar-refractivity contribution in [2.45, 2.75) is 19.3 Å². The molecule has 1 aromatic heterocycles. The molecular weight excluding hydrogens is 614 g/mol. The number of aromatic nitrogens is 1. The lowest BCUT2D eigenvalue weighted by Crippen LogP contribution is -2.44. The number of pyridine rings is 1. The first-order chi connectivity index (χ1) is 23.3. The van der Waals surface area contributed by atoms with E-state index in [2.05, 4.69) is 44.6 Å². The summed E-state index contributed by atoms with van der Waals surface area (Å²) < 4.78 is 35.0. The van der Waals surface area contributed by atoms with Crippen molar-refractivity contribution < 1.29 is 23.1 Å². The van der Waals surface area contributed by atoms with E-state index in [-0.39, 0.29) is 17.4 Å². The molecule has 9 nitrogen and oxygen atoms in total. The highest BCUT2D eigenvalue weighted by Gasteiger charge is 2.56. The predicted molar refractivity (Wildman–Crippen MR) is 182 cm³/mol. The van der Waals surface area contributed by atoms with E-state index in [4.69, 9.17) is 9.72 Å². The SMILES string of the molecule is CN1CCN(c2ccc(C3=CC4CCN=CC=C4C(Oc4ccc(NC(=O)C5(C(=O)Nc6ccc(F)cc6)CC5)cc4F)=C3)cn2)CC1. The zero-order valence-corrected chi connectivity index (χ0v) is 26.6. The molecule has 246 valence electrons. The molecule has 0 bridgehead atoms. The number of halogens is 2. The average Bonchev–Trinajstić information content (AvgIpc) is 3.93. The van der Waals surface area contributed by atoms with Gasteiger partial charge in [0, 0.05) is 74.1 Å². The van der Waals surface area contributed by atoms with E-state index in [1.165, 1.54) is 36.4 Å². The lowest BCUT2D eigenvalue weighted by Gasteiger charge is -2.33. The summed E-state index contributed by atoms with van der Waals surface area (Å²) in [7, 11) is 2.13. The van der Waals surface area contributed by atoms with Gasteiger partial charge >= 0.3 is 0 Å². The van der Waals surface area contributed by atoms with Gasteiger partial charge in [0.05, 0.1) is 0 Å². The molecular formula is C37H36F2N6O3. The van der Waals surface area contributed by atoms with Crippen molar-refractivity contribution in [1.82, 2.24) is 9.88 Å². The Morgan fingerprint density at radius 1 is 0.938 bits per heavy atom. The second-order valence-corrected chi connectivity index (χ2v) is 12.6. The number of carbonyl (C=O) groups excluding carboxylic acids is 2. The lowest BCUT2D eigenvalue weighted by atomic mass is 9.85. The van der Waals surface area contributed by atoms with Crippen molar-refractivity contribution >= 4 is 40.8 Å². The van der Waals surface area contributed by atoms with Crippen LogP contribution in [0.4, 0.5) is 26.0 Å². The van der Waals surface area contributed by atoms with Gasteiger partial charge in [0.1, 0.15) is 22.8 Å². The minimum absolute atomic E-state index is 0.0000576. The second-order valence-electron chi connectivity index (χ2n) is 12.6. The van der Waals surface area contributed by atoms with Gasteiger partial charge < -0.3 is 25.2 Å². The van der Waals surface area contributed by atoms with Crippen LogP contribution in [-0.4, -0.2) is 67.7 Å². The molecule has 11 heteroatoms. The van der Waals surface area contributed by atoms with Crippen LogP contribution in [0.1, 0.15) is 24.8 Å². The molecule has 2 fully saturated rings. The number of piperazine rings is 1. The normalized spacial score (nSPS) is 20.0. The topological polar surface area (TPSA) is 99.2 Å². The van der Waals surface area contributed by atoms with Gasteiger partial charge in [0.15, 0.2) is 11.6 Å². The molecule has 2 amide bonds. The number of nitrogens with zero attached hydrogens (tertiary/aromatic N) is 4. The van der Waals surface area contributed by atoms with E-state index in [9.17, 15) is 14.0 Å². The minimum atomic E-state index is -1.27. The number of hydrogen-bond acceptors (Lipinski definition) is 7. The van der Waals surface area contributed by atoms with Crippen LogP contribution in [0.2, 0.25) is 0 Å². The number of benzene rings is 2. The third-order valence-electron chi connectivity index (χ3n) is 9.32. The largest absolute Gasteiger partial charge is 0.454 e. The fourth-order valence-corrected chi connectivity index (χ4v) is 6.17. The maximum atomic E-state index is 15.5. The summed E-state index contributed by atoms with van der Waals surface area (Å²) in [6.07, 6.45) is 11.1. The number of rotatable bonds is 8. The van der Waals surface area contributed by atoms with E-state index in [0.29, 0.717) is 30.8 Å². The van der Waals surface area contributed by atoms with Gasteiger partial charge in [-0.3, -0.25) is 14.6 Å². The molecule has 3 aromatic rings. The number of fused-ring (bicyclic) bond motifs is 1. The van der Waals surface area contributed by atoms with Crippen LogP contribution in [0.5, 0.6) is 5.75 Å². The Bertz CT molecular complexity index is 1840. The smallest absolute Gasteiger partial charge is 0.240 e. The van der Waals surface area contributed by atoms with Crippen LogP contribution in [0.3, 0.4) is 0 Å². The summed E-state index contributed by atoms with van der Waals surface area (Å²) in [6.45, 7) is 4.52. The fraction of sp³-hybridized carbons (Fsp3) is 0.297. The predicted octanol–water partition coefficient (Wildman–Crippen LogP) is 5.85. The summed E-state index contributed by atoms with van der Waals surface area (Å²) >= 11 is 0. The number of likely N-dealkylation sites (N-methyl/N-ethyl adjacent to an activating group) is 1. The Labute approximate surface area is 277 Å². The number of hydrogen-bond donors (Lipinski definition) is 2. The molecule has 2 aliphatic heterocycles. The third-order valence-corrected chi connectivity index (χ3v) is 9.32. The van der Waals surface area contributed by atoms with Crippen molar-refractivity contribution in [2.75, 3.05) is 55.3 Å². The number of amides is 2. The van der Waals surface area contributed by atoms with Crippen LogP contribution in [-0.2, 0) is 9.59 Å². The molecule has 1 saturated carbocycles. The van der Waals surface area contributed by atoms with Crippen molar-refractivity contribution in [3.63, 3.8) is 0 Å². The molecule has 1 unspecified atom stereocenters. The van der Waals surface area contributed by atoms with Gasteiger partial charge in [-0.1, -0.05) is 6.08 Å². The van der Waals surface area contributed by atoms with Crippen molar-refractivity contribution in [3.05, 3.63) is 108 Å². The number of allylic oxidation sites excluding steroid dienone is 5. The molecule has 1 saturated heterocycles. The number of nitrogens with one attached hydrogen (secondary N) is 2. The molecule has 2 N–H and O–H groups in total. The fourth-order valence-electron chi connectivity index (χ4n) is 6.17. The maximum Gasteiger partial charge on any atom is 0.240 e. The maximum absolute atomic E-state index is 15.5. The van der Waals surface area contributed by atoms with E-state index in [1.807, 2.05) is 24.4 Å². The number of carbonyl (C=O) groups is 2. The molecule has 48 heavy (non-hydrogen) atoms. The Morgan fingerprint density at radius 3 is 2.35 bits per heavy atom. The van der Waals surface area contributed by atoms with E-state index < -0.39 is 28.9 Å². The molecule has 0 spiro atoms. The quantitative estimate of drug-likeness (QED) is 0.297. The second kappa shape index (κ2) is 13.2. The molecule has 7 rings (SSSR count). The summed E-state index contributed by atoms with van der Waals surface area (Å²) in [5, 5.41) is 5.36. The average molecular weight is 651 g/mol. The van der Waals surface area contributed by atoms with Gasteiger partial charge in [0.2, 0.25) is 11.8 Å². The highest BCUT2D eigenvalue weighted by molar-refractivity contribution is 6.16. The van der Waals surface area contributed by atoms with Gasteiger partial charge in [-0.15, -0.1) is 0 Å². The van der Waals surface area contributed by atoms with Gasteiger partial charge in [-0.05, 0) is 98.1 Å². The first kappa shape index (κ1) is 31.4. The third kappa shape index (κ3) is 6.64. The summed E-state index contributed by atoms with van der Waals surface area (Å²) in [5.41, 5.74) is 2.10. The Balaban J connectivity index is 1.06. The van der Waals surface area contributed by atoms with Gasteiger partial charge in [-0.2, -0.15) is 0 Å². The highest BCUT2D eigenvalue weighted by atomic mass is 19.1. The van der Waals surface area contributed by atoms with Crippen LogP contribution in [0, 0.1) is 23.0 Å². The summed E-state index contributed by atoms with van der Waals surface area (Å²) in [5.74, 6) is -0.625. The molecule has 4 aliphatic rings. The van der Waals surface area contributed by atoms with Crippen LogP contribution >= 0.6 is 0 Å². The molecule has 3 heterocycles. The minimum Gasteiger partial charge on any atom is -0.454 e. The summed E-state index contributed by atoms with van der Waals surface area (Å²) in [4.78, 5) is 39.9. The molecule has 2 aliphatic carbocycles. The monoisotopic (exact) mass is 650 g/mol. The van der Waals surface area contributed by atoms with Gasteiger partial charge in [-0.25, -0.2) is 13.8 Å². The van der Waals surface area contributed by atoms with Crippen LogP contribution in [0.15, 0.2) is 95.3 Å². The van der Waals surface area contributed by atoms with Crippen molar-refractivity contribution in [1.29, 1.82) is 0 Å². The number of aliphatic imine (C=N–C) groups is 1. The number of anilines is 3. The standard InChI is InChI=1S/C37H36F2N6O3/c1-44-16-18-45(19-17-44)34-9-2-25(23-41-34)26-20-24-10-14-40-15-11-30(24)33(21-26)48-32-8-7-29(22-31(32)39)43-36(47)37(12-13-37)35(46)42-28-5-3-27(38)4-6-28/h2-9,11,15,20-24H,10,12-14,16-19H2,1H3,(H,42,46)(H,43,47). The Morgan fingerprint density at radius 2 is 1.67 bits per heavy atom. The molecule has 2 aromatic carbocycles. The van der Waals surface area contributed by atoms with Gasteiger partial charge in [0.25, 0.3) is 0 Å². The Kier molecular flexibility index (Phi) is 8.62. The zero-order chi connectivity index (χ0) is 33.3. The van der Waals surface area contributed by atoms with Crippen LogP contribution < -0.4 is 20.3 Å². The van der Waals surface area contributed by atoms with E-state index in [0.717, 1.165) is 55.1 Å². The highest BCUT2D eigenvalue weighted by Crippen LogP contribution is 2.47. The van der Waals surface area contributed by atoms with Crippen LogP contribution in [0.25, 0.3) is 5.57 Å². The first-order valence-corrected chi connectivity index (χ1v) is 16.2. The first-order valence-electron chi connectivity index (χ1n) is 16.2. The lowest BCUT2D eigenvalue weighted by molar-refractivity contribution is -0.131. The van der Waals surface area contributed by atoms with Crippen molar-refractivity contribution in [3.8, 4) is 5.75 Å². The molecule has 0 radical (unpaired) electrons. The zero-order valence-electron chi connectivity index (χ0n) is 26.6. The van der Waals surface area contributed by atoms with E-state index in [1.54, 1.807) is 12.3 Å². The molecule has 1 atom stereocenters.